The highest BCUT2D eigenvalue weighted by Gasteiger charge is 2.28. The fourth-order valence-electron chi connectivity index (χ4n) is 9.27. The summed E-state index contributed by atoms with van der Waals surface area (Å²) in [7, 11) is 7.37. The van der Waals surface area contributed by atoms with E-state index < -0.39 is 20.0 Å². The molecule has 2 saturated heterocycles. The van der Waals surface area contributed by atoms with E-state index in [9.17, 15) is 26.4 Å². The molecule has 18 nitrogen and oxygen atoms in total. The molecule has 0 amide bonds. The highest BCUT2D eigenvalue weighted by Crippen LogP contribution is 2.30. The minimum absolute atomic E-state index is 0.0316. The summed E-state index contributed by atoms with van der Waals surface area (Å²) in [5.74, 6) is 1.21. The lowest BCUT2D eigenvalue weighted by Crippen LogP contribution is -2.42. The molecule has 4 aromatic rings. The zero-order chi connectivity index (χ0) is 55.5. The lowest BCUT2D eigenvalue weighted by molar-refractivity contribution is -0.140. The molecule has 0 spiro atoms. The predicted octanol–water partition coefficient (Wildman–Crippen LogP) is 6.17. The van der Waals surface area contributed by atoms with Gasteiger partial charge < -0.3 is 49.0 Å². The maximum atomic E-state index is 13.1. The van der Waals surface area contributed by atoms with E-state index in [1.807, 2.05) is 24.3 Å². The number of nitrogen functional groups attached to an aromatic ring is 1. The van der Waals surface area contributed by atoms with Crippen LogP contribution in [0.25, 0.3) is 0 Å². The van der Waals surface area contributed by atoms with Gasteiger partial charge in [0.15, 0.2) is 12.6 Å². The molecule has 0 aliphatic carbocycles. The number of sulfonamides is 2. The van der Waals surface area contributed by atoms with Crippen molar-refractivity contribution in [2.75, 3.05) is 138 Å². The third-order valence-corrected chi connectivity index (χ3v) is 17.9. The van der Waals surface area contributed by atoms with Gasteiger partial charge in [-0.3, -0.25) is 9.59 Å². The Morgan fingerprint density at radius 1 is 0.627 bits per heavy atom. The molecule has 2 aliphatic heterocycles. The summed E-state index contributed by atoms with van der Waals surface area (Å²) < 4.78 is 79.2. The number of benzene rings is 4. The van der Waals surface area contributed by atoms with Gasteiger partial charge in [-0.25, -0.2) is 16.8 Å². The van der Waals surface area contributed by atoms with Gasteiger partial charge in [-0.1, -0.05) is 18.2 Å². The largest absolute Gasteiger partial charge is 0.497 e. The first kappa shape index (κ1) is 62.2. The van der Waals surface area contributed by atoms with Gasteiger partial charge in [-0.05, 0) is 164 Å². The van der Waals surface area contributed by atoms with Gasteiger partial charge in [0.05, 0.1) is 37.2 Å². The second-order valence-electron chi connectivity index (χ2n) is 19.5. The number of carbonyl (C=O) groups is 2. The Morgan fingerprint density at radius 3 is 1.44 bits per heavy atom. The quantitative estimate of drug-likeness (QED) is 0.0383. The van der Waals surface area contributed by atoms with E-state index in [0.29, 0.717) is 46.2 Å². The normalized spacial score (nSPS) is 14.6. The summed E-state index contributed by atoms with van der Waals surface area (Å²) in [6.07, 6.45) is 5.03. The predicted molar refractivity (Wildman–Crippen MR) is 297 cm³/mol. The second-order valence-corrected chi connectivity index (χ2v) is 23.5. The first-order valence-electron chi connectivity index (χ1n) is 25.3. The third kappa shape index (κ3) is 18.4. The van der Waals surface area contributed by atoms with Gasteiger partial charge in [0, 0.05) is 88.9 Å². The number of rotatable bonds is 23. The maximum absolute atomic E-state index is 13.1. The molecule has 0 saturated carbocycles. The summed E-state index contributed by atoms with van der Waals surface area (Å²) in [4.78, 5) is 32.5. The molecule has 416 valence electrons. The number of nitrogens with two attached hydrogens (primary N) is 1. The highest BCUT2D eigenvalue weighted by atomic mass is 32.2. The lowest BCUT2D eigenvalue weighted by Gasteiger charge is -2.36. The van der Waals surface area contributed by atoms with Crippen LogP contribution in [0.3, 0.4) is 0 Å². The Kier molecular flexibility index (Phi) is 24.8. The van der Waals surface area contributed by atoms with Gasteiger partial charge in [0.2, 0.25) is 20.0 Å². The molecule has 4 aromatic carbocycles. The average Bonchev–Trinajstić information content (AvgIpc) is 3.37. The van der Waals surface area contributed by atoms with Crippen molar-refractivity contribution in [2.45, 2.75) is 81.7 Å². The topological polar surface area (TPSA) is 194 Å². The van der Waals surface area contributed by atoms with Crippen LogP contribution < -0.4 is 25.0 Å². The molecule has 0 aromatic heterocycles. The van der Waals surface area contributed by atoms with E-state index in [1.165, 1.54) is 48.3 Å². The van der Waals surface area contributed by atoms with Gasteiger partial charge in [0.1, 0.15) is 18.1 Å². The molecule has 6 rings (SSSR count). The number of hydrogen-bond acceptors (Lipinski definition) is 16. The fourth-order valence-corrected chi connectivity index (χ4v) is 12.4. The smallest absolute Gasteiger partial charge is 0.295 e. The fraction of sp³-hybridized carbons (Fsp3) is 0.527. The Labute approximate surface area is 447 Å². The number of Topliss-reactive ketones (excluding diaryl/α,β-unsaturated/α-hetero) is 1. The lowest BCUT2D eigenvalue weighted by atomic mass is 10.0. The standard InChI is InChI=1S/C28H41N3O5S.C14H21NO6S.C13H21N3/c1-21-16-27(35-6)17-22(2)28(21)37(33,34)30(5)14-15-36-20-26(32)19-23-8-7-9-25(18-23)31-12-10-24(11-13-31)29(3)4;1-11-7-13(19-4)8-12(2)14(11)22(17,18)15(3)5-6-20-10-21-9-16;1-15(2)12-6-8-16(9-7-12)13-5-3-4-11(14)10-13/h7-9,16-18,24H,10-15,19-20H2,1-6H3;7-9H,5-6,10H2,1-4H3;3-5,10,12H,6-9,14H2,1-2H3. The number of piperidine rings is 2. The number of methoxy groups -OCH3 is 2. The van der Waals surface area contributed by atoms with Crippen molar-refractivity contribution in [3.05, 3.63) is 101 Å². The Bertz CT molecular complexity index is 2630. The molecule has 2 heterocycles. The molecule has 75 heavy (non-hydrogen) atoms. The summed E-state index contributed by atoms with van der Waals surface area (Å²) >= 11 is 0. The molecule has 0 unspecified atom stereocenters. The minimum atomic E-state index is -3.69. The van der Waals surface area contributed by atoms with Crippen molar-refractivity contribution in [1.82, 2.24) is 18.4 Å². The van der Waals surface area contributed by atoms with Crippen molar-refractivity contribution < 1.29 is 50.1 Å². The maximum Gasteiger partial charge on any atom is 0.295 e. The zero-order valence-electron chi connectivity index (χ0n) is 46.3. The van der Waals surface area contributed by atoms with E-state index >= 15 is 0 Å². The monoisotopic (exact) mass is 1080 g/mol. The van der Waals surface area contributed by atoms with Gasteiger partial charge in [-0.2, -0.15) is 8.61 Å². The number of hydrogen-bond donors (Lipinski definition) is 1. The number of nitrogens with zero attached hydrogens (tertiary/aromatic N) is 6. The van der Waals surface area contributed by atoms with Crippen molar-refractivity contribution in [3.8, 4) is 11.5 Å². The number of aryl methyl sites for hydroxylation is 4. The molecule has 20 heteroatoms. The van der Waals surface area contributed by atoms with Crippen LogP contribution in [0, 0.1) is 27.7 Å². The summed E-state index contributed by atoms with van der Waals surface area (Å²) in [5.41, 5.74) is 12.5. The summed E-state index contributed by atoms with van der Waals surface area (Å²) in [5, 5.41) is 0. The molecule has 0 atom stereocenters. The number of ketones is 1. The summed E-state index contributed by atoms with van der Waals surface area (Å²) in [6, 6.07) is 24.5. The van der Waals surface area contributed by atoms with Crippen LogP contribution in [0.1, 0.15) is 53.5 Å². The van der Waals surface area contributed by atoms with E-state index in [0.717, 1.165) is 62.0 Å². The summed E-state index contributed by atoms with van der Waals surface area (Å²) in [6.45, 7) is 11.8. The number of carbonyl (C=O) groups excluding carboxylic acids is 2. The molecule has 0 bridgehead atoms. The van der Waals surface area contributed by atoms with Crippen LogP contribution in [0.4, 0.5) is 17.1 Å². The number of anilines is 3. The Balaban J connectivity index is 0.000000270. The molecule has 2 N–H and O–H groups in total. The van der Waals surface area contributed by atoms with Gasteiger partial charge in [-0.15, -0.1) is 0 Å². The molecule has 2 aliphatic rings. The van der Waals surface area contributed by atoms with Gasteiger partial charge in [0.25, 0.3) is 6.47 Å². The molecular formula is C55H83N7O11S2. The van der Waals surface area contributed by atoms with Crippen LogP contribution in [-0.4, -0.2) is 182 Å². The number of ether oxygens (including phenoxy) is 5. The molecular weight excluding hydrogens is 999 g/mol. The van der Waals surface area contributed by atoms with E-state index in [-0.39, 0.29) is 61.7 Å². The van der Waals surface area contributed by atoms with Crippen molar-refractivity contribution in [3.63, 3.8) is 0 Å². The van der Waals surface area contributed by atoms with E-state index in [2.05, 4.69) is 76.8 Å². The average molecular weight is 1080 g/mol. The van der Waals surface area contributed by atoms with Gasteiger partial charge >= 0.3 is 0 Å². The SMILES string of the molecule is CN(C)C1CCN(c2cccc(N)c2)CC1.COc1cc(C)c(S(=O)(=O)N(C)CCOCC(=O)Cc2cccc(N3CCC(N(C)C)CC3)c2)c(C)c1.COc1cc(C)c(S(=O)(=O)N(C)CCOCOC=O)c(C)c1. The van der Waals surface area contributed by atoms with Crippen molar-refractivity contribution in [1.29, 1.82) is 0 Å². The molecule has 2 fully saturated rings. The first-order valence-corrected chi connectivity index (χ1v) is 28.1. The second kappa shape index (κ2) is 29.8. The third-order valence-electron chi connectivity index (χ3n) is 13.6. The van der Waals surface area contributed by atoms with Crippen LogP contribution >= 0.6 is 0 Å². The zero-order valence-corrected chi connectivity index (χ0v) is 48.0. The number of likely N-dealkylation sites (N-methyl/N-ethyl adjacent to an activating group) is 2. The van der Waals surface area contributed by atoms with Crippen LogP contribution in [-0.2, 0) is 50.3 Å². The Morgan fingerprint density at radius 2 is 1.04 bits per heavy atom. The van der Waals surface area contributed by atoms with Crippen molar-refractivity contribution >= 4 is 49.4 Å². The molecule has 0 radical (unpaired) electrons. The van der Waals surface area contributed by atoms with E-state index in [4.69, 9.17) is 24.7 Å². The van der Waals surface area contributed by atoms with Crippen molar-refractivity contribution in [2.24, 2.45) is 0 Å². The van der Waals surface area contributed by atoms with Crippen LogP contribution in [0.15, 0.2) is 82.6 Å². The van der Waals surface area contributed by atoms with E-state index in [1.54, 1.807) is 59.1 Å². The van der Waals surface area contributed by atoms with Crippen LogP contribution in [0.5, 0.6) is 11.5 Å². The highest BCUT2D eigenvalue weighted by molar-refractivity contribution is 7.89. The van der Waals surface area contributed by atoms with Crippen LogP contribution in [0.2, 0.25) is 0 Å². The first-order chi connectivity index (χ1) is 35.5. The minimum Gasteiger partial charge on any atom is -0.497 e. The Hall–Kier alpha value is -5.32.